The Morgan fingerprint density at radius 3 is 0.695 bits per heavy atom. The fraction of sp³-hybridized carbons (Fsp3) is 0.803. The van der Waals surface area contributed by atoms with Gasteiger partial charge in [0.05, 0.1) is 0 Å². The number of carbonyl (C=O) groups is 3. The Bertz CT molecular complexity index is 1500. The van der Waals surface area contributed by atoms with E-state index in [9.17, 15) is 14.4 Å². The number of unbranched alkanes of at least 4 members (excludes halogenated alkanes) is 43. The SMILES string of the molecule is CCCCCCC/C=C\C/C=C\C/C=C\CCCCCCCCCCCCCCC(=O)OCC(COC(=O)CCCCCCC/C=C\CCCCCCCCC)OC(=O)CCCCCCCCCCC/C=C\C/C=C\CCCCCCC. The van der Waals surface area contributed by atoms with Crippen molar-refractivity contribution >= 4 is 17.9 Å². The summed E-state index contributed by atoms with van der Waals surface area (Å²) in [5.74, 6) is -0.872. The van der Waals surface area contributed by atoms with Gasteiger partial charge in [0.2, 0.25) is 0 Å². The molecule has 0 aromatic rings. The zero-order valence-electron chi connectivity index (χ0n) is 54.8. The maximum atomic E-state index is 13.0. The van der Waals surface area contributed by atoms with Crippen molar-refractivity contribution < 1.29 is 28.6 Å². The molecule has 0 heterocycles. The topological polar surface area (TPSA) is 78.9 Å². The summed E-state index contributed by atoms with van der Waals surface area (Å²) in [6.07, 6.45) is 92.1. The van der Waals surface area contributed by atoms with Gasteiger partial charge in [-0.2, -0.15) is 0 Å². The van der Waals surface area contributed by atoms with Crippen LogP contribution in [0.5, 0.6) is 0 Å². The standard InChI is InChI=1S/C76H136O6/c1-4-7-10-13-16-19-22-25-28-31-33-35-36-37-38-39-40-42-43-45-48-51-54-57-60-63-66-69-75(78)81-72-73(71-80-74(77)68-65-62-59-56-53-50-47-30-27-24-21-18-15-12-9-6-3)82-76(79)70-67-64-61-58-55-52-49-46-44-41-34-32-29-26-23-20-17-14-11-8-5-2/h22-23,25-26,30-34,36-37,47,73H,4-21,24,27-29,35,38-46,48-72H2,1-3H3/b25-22-,26-23-,33-31-,34-32-,37-36-,47-30-. The third-order valence-electron chi connectivity index (χ3n) is 15.9. The Morgan fingerprint density at radius 2 is 0.439 bits per heavy atom. The first-order valence-corrected chi connectivity index (χ1v) is 35.9. The second-order valence-corrected chi connectivity index (χ2v) is 24.1. The molecule has 0 aliphatic rings. The molecule has 476 valence electrons. The van der Waals surface area contributed by atoms with Crippen molar-refractivity contribution in [3.8, 4) is 0 Å². The van der Waals surface area contributed by atoms with Crippen LogP contribution >= 0.6 is 0 Å². The summed E-state index contributed by atoms with van der Waals surface area (Å²) in [7, 11) is 0. The summed E-state index contributed by atoms with van der Waals surface area (Å²) in [5.41, 5.74) is 0. The van der Waals surface area contributed by atoms with Crippen LogP contribution in [0.2, 0.25) is 0 Å². The van der Waals surface area contributed by atoms with Gasteiger partial charge in [-0.3, -0.25) is 14.4 Å². The third-order valence-corrected chi connectivity index (χ3v) is 15.9. The van der Waals surface area contributed by atoms with E-state index in [1.165, 1.54) is 250 Å². The van der Waals surface area contributed by atoms with Crippen molar-refractivity contribution in [1.82, 2.24) is 0 Å². The fourth-order valence-corrected chi connectivity index (χ4v) is 10.5. The Labute approximate surface area is 510 Å². The largest absolute Gasteiger partial charge is 0.462 e. The third kappa shape index (κ3) is 67.6. The normalized spacial score (nSPS) is 12.5. The summed E-state index contributed by atoms with van der Waals surface area (Å²) in [4.78, 5) is 38.5. The first-order valence-electron chi connectivity index (χ1n) is 35.9. The summed E-state index contributed by atoms with van der Waals surface area (Å²) < 4.78 is 17.0. The van der Waals surface area contributed by atoms with Gasteiger partial charge in [-0.15, -0.1) is 0 Å². The highest BCUT2D eigenvalue weighted by Gasteiger charge is 2.19. The number of carbonyl (C=O) groups excluding carboxylic acids is 3. The highest BCUT2D eigenvalue weighted by Crippen LogP contribution is 2.17. The number of esters is 3. The first-order chi connectivity index (χ1) is 40.5. The van der Waals surface area contributed by atoms with Crippen LogP contribution in [0.15, 0.2) is 72.9 Å². The van der Waals surface area contributed by atoms with Gasteiger partial charge in [-0.1, -0.05) is 312 Å². The van der Waals surface area contributed by atoms with Crippen molar-refractivity contribution in [3.63, 3.8) is 0 Å². The minimum Gasteiger partial charge on any atom is -0.462 e. The summed E-state index contributed by atoms with van der Waals surface area (Å²) in [6.45, 7) is 6.66. The lowest BCUT2D eigenvalue weighted by molar-refractivity contribution is -0.167. The van der Waals surface area contributed by atoms with Gasteiger partial charge in [0.1, 0.15) is 13.2 Å². The fourth-order valence-electron chi connectivity index (χ4n) is 10.5. The predicted octanol–water partition coefficient (Wildman–Crippen LogP) is 24.8. The summed E-state index contributed by atoms with van der Waals surface area (Å²) >= 11 is 0. The van der Waals surface area contributed by atoms with Gasteiger partial charge in [0.15, 0.2) is 6.10 Å². The molecule has 0 amide bonds. The molecule has 0 radical (unpaired) electrons. The molecule has 0 aromatic heterocycles. The summed E-state index contributed by atoms with van der Waals surface area (Å²) in [5, 5.41) is 0. The monoisotopic (exact) mass is 1150 g/mol. The number of rotatable bonds is 66. The highest BCUT2D eigenvalue weighted by molar-refractivity contribution is 5.71. The second kappa shape index (κ2) is 70.3. The van der Waals surface area contributed by atoms with Crippen molar-refractivity contribution in [1.29, 1.82) is 0 Å². The van der Waals surface area contributed by atoms with Crippen LogP contribution in [0.3, 0.4) is 0 Å². The van der Waals surface area contributed by atoms with Crippen molar-refractivity contribution in [2.75, 3.05) is 13.2 Å². The predicted molar refractivity (Wildman–Crippen MR) is 358 cm³/mol. The van der Waals surface area contributed by atoms with Gasteiger partial charge >= 0.3 is 17.9 Å². The lowest BCUT2D eigenvalue weighted by Gasteiger charge is -2.18. The van der Waals surface area contributed by atoms with E-state index >= 15 is 0 Å². The van der Waals surface area contributed by atoms with E-state index in [1.54, 1.807) is 0 Å². The molecule has 6 heteroatoms. The Kier molecular flexibility index (Phi) is 67.6. The molecular weight excluding hydrogens is 1010 g/mol. The molecule has 0 rings (SSSR count). The van der Waals surface area contributed by atoms with Crippen molar-refractivity contribution in [3.05, 3.63) is 72.9 Å². The smallest absolute Gasteiger partial charge is 0.306 e. The van der Waals surface area contributed by atoms with Crippen LogP contribution < -0.4 is 0 Å². The van der Waals surface area contributed by atoms with Crippen molar-refractivity contribution in [2.45, 2.75) is 380 Å². The van der Waals surface area contributed by atoms with Gasteiger partial charge in [0.25, 0.3) is 0 Å². The van der Waals surface area contributed by atoms with E-state index in [-0.39, 0.29) is 31.1 Å². The Hall–Kier alpha value is -3.15. The van der Waals surface area contributed by atoms with Crippen LogP contribution in [0.4, 0.5) is 0 Å². The Morgan fingerprint density at radius 1 is 0.244 bits per heavy atom. The quantitative estimate of drug-likeness (QED) is 0.0261. The lowest BCUT2D eigenvalue weighted by Crippen LogP contribution is -2.30. The van der Waals surface area contributed by atoms with Gasteiger partial charge in [-0.25, -0.2) is 0 Å². The molecule has 0 fully saturated rings. The number of allylic oxidation sites excluding steroid dienone is 12. The number of ether oxygens (including phenoxy) is 3. The lowest BCUT2D eigenvalue weighted by atomic mass is 10.0. The van der Waals surface area contributed by atoms with Crippen LogP contribution in [0.1, 0.15) is 374 Å². The zero-order chi connectivity index (χ0) is 59.2. The average Bonchev–Trinajstić information content (AvgIpc) is 3.47. The minimum atomic E-state index is -0.784. The molecule has 1 unspecified atom stereocenters. The Balaban J connectivity index is 4.32. The second-order valence-electron chi connectivity index (χ2n) is 24.1. The van der Waals surface area contributed by atoms with Gasteiger partial charge < -0.3 is 14.2 Å². The molecule has 0 bridgehead atoms. The van der Waals surface area contributed by atoms with E-state index in [1.807, 2.05) is 0 Å². The molecule has 0 saturated heterocycles. The molecule has 6 nitrogen and oxygen atoms in total. The maximum absolute atomic E-state index is 13.0. The minimum absolute atomic E-state index is 0.0784. The molecule has 0 aliphatic carbocycles. The molecule has 0 aliphatic heterocycles. The van der Waals surface area contributed by atoms with Crippen LogP contribution in [0, 0.1) is 0 Å². The van der Waals surface area contributed by atoms with Crippen LogP contribution in [-0.4, -0.2) is 37.2 Å². The molecule has 0 N–H and O–H groups in total. The molecule has 0 spiro atoms. The molecule has 82 heavy (non-hydrogen) atoms. The van der Waals surface area contributed by atoms with E-state index < -0.39 is 6.10 Å². The highest BCUT2D eigenvalue weighted by atomic mass is 16.6. The van der Waals surface area contributed by atoms with Crippen LogP contribution in [0.25, 0.3) is 0 Å². The molecule has 0 aromatic carbocycles. The maximum Gasteiger partial charge on any atom is 0.306 e. The number of hydrogen-bond acceptors (Lipinski definition) is 6. The summed E-state index contributed by atoms with van der Waals surface area (Å²) in [6, 6.07) is 0. The van der Waals surface area contributed by atoms with Gasteiger partial charge in [-0.05, 0) is 116 Å². The molecular formula is C76H136O6. The average molecular weight is 1150 g/mol. The number of hydrogen-bond donors (Lipinski definition) is 0. The first kappa shape index (κ1) is 78.8. The van der Waals surface area contributed by atoms with E-state index in [2.05, 4.69) is 93.7 Å². The van der Waals surface area contributed by atoms with Gasteiger partial charge in [0, 0.05) is 19.3 Å². The van der Waals surface area contributed by atoms with E-state index in [0.29, 0.717) is 19.3 Å². The zero-order valence-corrected chi connectivity index (χ0v) is 54.8. The van der Waals surface area contributed by atoms with Crippen molar-refractivity contribution in [2.24, 2.45) is 0 Å². The molecule has 1 atom stereocenters. The molecule has 0 saturated carbocycles. The van der Waals surface area contributed by atoms with E-state index in [4.69, 9.17) is 14.2 Å². The van der Waals surface area contributed by atoms with Crippen LogP contribution in [-0.2, 0) is 28.6 Å². The van der Waals surface area contributed by atoms with E-state index in [0.717, 1.165) is 83.5 Å².